The largest absolute Gasteiger partial charge is 0.472 e. The molecule has 0 bridgehead atoms. The number of phosphoric ester groups is 1. The van der Waals surface area contributed by atoms with Gasteiger partial charge >= 0.3 is 19.8 Å². The van der Waals surface area contributed by atoms with Crippen LogP contribution in [0, 0.1) is 0 Å². The quantitative estimate of drug-likeness (QED) is 0.0264. The average molecular weight is 993 g/mol. The fraction of sp³-hybridized carbons (Fsp3) is 0.831. The van der Waals surface area contributed by atoms with Gasteiger partial charge in [-0.15, -0.1) is 0 Å². The van der Waals surface area contributed by atoms with Crippen molar-refractivity contribution in [2.45, 2.75) is 290 Å². The Hall–Kier alpha value is -2.03. The smallest absolute Gasteiger partial charge is 0.462 e. The molecule has 0 aliphatic rings. The molecule has 3 N–H and O–H groups in total. The van der Waals surface area contributed by atoms with E-state index in [1.807, 2.05) is 12.2 Å². The minimum Gasteiger partial charge on any atom is -0.462 e. The summed E-state index contributed by atoms with van der Waals surface area (Å²) in [7, 11) is -4.40. The summed E-state index contributed by atoms with van der Waals surface area (Å²) < 4.78 is 32.8. The predicted octanol–water partition coefficient (Wildman–Crippen LogP) is 18.2. The molecule has 0 aliphatic heterocycles. The molecular formula is C59H110NO8P. The zero-order chi connectivity index (χ0) is 50.2. The van der Waals surface area contributed by atoms with Gasteiger partial charge in [0, 0.05) is 19.4 Å². The molecule has 0 rings (SSSR count). The summed E-state index contributed by atoms with van der Waals surface area (Å²) in [5.74, 6) is -0.914. The molecule has 2 unspecified atom stereocenters. The molecule has 0 aromatic heterocycles. The van der Waals surface area contributed by atoms with Gasteiger partial charge < -0.3 is 20.1 Å². The molecule has 0 spiro atoms. The molecule has 0 amide bonds. The first-order valence-electron chi connectivity index (χ1n) is 29.1. The molecule has 0 aromatic carbocycles. The van der Waals surface area contributed by atoms with Crippen LogP contribution in [0.25, 0.3) is 0 Å². The van der Waals surface area contributed by atoms with Crippen molar-refractivity contribution < 1.29 is 37.6 Å². The number of phosphoric acid groups is 1. The van der Waals surface area contributed by atoms with Gasteiger partial charge in [-0.05, 0) is 38.5 Å². The molecule has 0 fully saturated rings. The van der Waals surface area contributed by atoms with Gasteiger partial charge in [0.1, 0.15) is 6.61 Å². The summed E-state index contributed by atoms with van der Waals surface area (Å²) in [5.41, 5.74) is 5.36. The van der Waals surface area contributed by atoms with Gasteiger partial charge in [0.15, 0.2) is 6.10 Å². The van der Waals surface area contributed by atoms with E-state index in [1.54, 1.807) is 0 Å². The number of esters is 2. The highest BCUT2D eigenvalue weighted by atomic mass is 31.2. The van der Waals surface area contributed by atoms with E-state index in [4.69, 9.17) is 24.3 Å². The van der Waals surface area contributed by atoms with E-state index in [0.29, 0.717) is 6.42 Å². The van der Waals surface area contributed by atoms with Crippen molar-refractivity contribution in [1.82, 2.24) is 0 Å². The summed E-state index contributed by atoms with van der Waals surface area (Å²) in [6, 6.07) is 0. The maximum Gasteiger partial charge on any atom is 0.472 e. The van der Waals surface area contributed by atoms with Crippen LogP contribution >= 0.6 is 7.82 Å². The molecule has 0 saturated carbocycles. The lowest BCUT2D eigenvalue weighted by Gasteiger charge is -2.19. The van der Waals surface area contributed by atoms with Gasteiger partial charge in [-0.1, -0.05) is 281 Å². The normalized spacial score (nSPS) is 13.4. The summed E-state index contributed by atoms with van der Waals surface area (Å²) >= 11 is 0. The van der Waals surface area contributed by atoms with Gasteiger partial charge in [0.05, 0.1) is 13.2 Å². The van der Waals surface area contributed by atoms with Crippen molar-refractivity contribution in [3.05, 3.63) is 48.6 Å². The van der Waals surface area contributed by atoms with E-state index < -0.39 is 32.5 Å². The van der Waals surface area contributed by atoms with Gasteiger partial charge in [0.25, 0.3) is 0 Å². The number of carbonyl (C=O) groups is 2. The fourth-order valence-electron chi connectivity index (χ4n) is 8.48. The molecule has 0 heterocycles. The topological polar surface area (TPSA) is 134 Å². The van der Waals surface area contributed by atoms with Crippen LogP contribution in [-0.4, -0.2) is 49.3 Å². The van der Waals surface area contributed by atoms with Gasteiger partial charge in [-0.25, -0.2) is 4.57 Å². The van der Waals surface area contributed by atoms with Gasteiger partial charge in [-0.3, -0.25) is 18.6 Å². The Balaban J connectivity index is 3.78. The highest BCUT2D eigenvalue weighted by Gasteiger charge is 2.26. The molecule has 2 atom stereocenters. The number of nitrogens with two attached hydrogens (primary N) is 1. The molecule has 404 valence electrons. The zero-order valence-corrected chi connectivity index (χ0v) is 45.9. The van der Waals surface area contributed by atoms with Crippen LogP contribution in [0.15, 0.2) is 48.6 Å². The van der Waals surface area contributed by atoms with Crippen LogP contribution in [0.1, 0.15) is 284 Å². The van der Waals surface area contributed by atoms with Crippen molar-refractivity contribution in [3.63, 3.8) is 0 Å². The van der Waals surface area contributed by atoms with E-state index in [9.17, 15) is 19.0 Å². The molecule has 0 aromatic rings. The number of hydrogen-bond donors (Lipinski definition) is 2. The number of unbranched alkanes of at least 4 members (excludes halogenated alkanes) is 34. The van der Waals surface area contributed by atoms with Crippen LogP contribution in [-0.2, 0) is 32.7 Å². The molecule has 0 saturated heterocycles. The van der Waals surface area contributed by atoms with Gasteiger partial charge in [0.2, 0.25) is 0 Å². The Labute approximate surface area is 426 Å². The Bertz CT molecular complexity index is 1270. The maximum atomic E-state index is 12.6. The monoisotopic (exact) mass is 992 g/mol. The lowest BCUT2D eigenvalue weighted by molar-refractivity contribution is -0.161. The SMILES string of the molecule is CC/C=C\C/C=C\C/C=C\C/C=C\CCC(=O)OC(COC(=O)CCCCCCCCCCCCCCCCCCCCCCCCCCCCCCCCCCCCC)COP(=O)(O)OCCN. The molecule has 9 nitrogen and oxygen atoms in total. The third-order valence-corrected chi connectivity index (χ3v) is 13.7. The first-order chi connectivity index (χ1) is 33.8. The highest BCUT2D eigenvalue weighted by molar-refractivity contribution is 7.47. The van der Waals surface area contributed by atoms with E-state index in [1.165, 1.54) is 205 Å². The minimum absolute atomic E-state index is 0.0427. The van der Waals surface area contributed by atoms with E-state index in [0.717, 1.165) is 44.9 Å². The maximum absolute atomic E-state index is 12.6. The third-order valence-electron chi connectivity index (χ3n) is 12.7. The standard InChI is InChI=1S/C59H110NO8P/c1-3-5-7-9-11-13-15-17-18-19-20-21-22-23-24-25-26-27-28-29-30-31-32-33-34-35-36-37-38-40-41-43-45-47-49-51-58(61)65-55-57(56-67-69(63,64)66-54-53-60)68-59(62)52-50-48-46-44-42-39-16-14-12-10-8-6-4-2/h6,8,12,14,39,42,46,48,57H,3-5,7,9-11,13,15-38,40-41,43-45,47,49-56,60H2,1-2H3,(H,63,64)/b8-6-,14-12-,42-39-,48-46-. The number of carbonyl (C=O) groups excluding carboxylic acids is 2. The molecule has 10 heteroatoms. The first kappa shape index (κ1) is 67.0. The molecule has 0 radical (unpaired) electrons. The molecule has 69 heavy (non-hydrogen) atoms. The van der Waals surface area contributed by atoms with Crippen LogP contribution in [0.3, 0.4) is 0 Å². The number of allylic oxidation sites excluding steroid dienone is 8. The van der Waals surface area contributed by atoms with Crippen LogP contribution in [0.2, 0.25) is 0 Å². The average Bonchev–Trinajstić information content (AvgIpc) is 3.34. The second-order valence-corrected chi connectivity index (χ2v) is 20.9. The lowest BCUT2D eigenvalue weighted by Crippen LogP contribution is -2.29. The van der Waals surface area contributed by atoms with Crippen molar-refractivity contribution >= 4 is 19.8 Å². The number of rotatable bonds is 55. The first-order valence-corrected chi connectivity index (χ1v) is 30.6. The van der Waals surface area contributed by atoms with Gasteiger partial charge in [-0.2, -0.15) is 0 Å². The summed E-state index contributed by atoms with van der Waals surface area (Å²) in [6.45, 7) is 3.57. The van der Waals surface area contributed by atoms with E-state index in [-0.39, 0.29) is 32.6 Å². The summed E-state index contributed by atoms with van der Waals surface area (Å²) in [5, 5.41) is 0. The molecule has 0 aliphatic carbocycles. The molecular weight excluding hydrogens is 882 g/mol. The van der Waals surface area contributed by atoms with Crippen molar-refractivity contribution in [2.24, 2.45) is 5.73 Å². The Morgan fingerprint density at radius 3 is 1.16 bits per heavy atom. The van der Waals surface area contributed by atoms with Crippen molar-refractivity contribution in [3.8, 4) is 0 Å². The van der Waals surface area contributed by atoms with Crippen molar-refractivity contribution in [2.75, 3.05) is 26.4 Å². The second-order valence-electron chi connectivity index (χ2n) is 19.5. The van der Waals surface area contributed by atoms with Crippen LogP contribution in [0.4, 0.5) is 0 Å². The van der Waals surface area contributed by atoms with E-state index >= 15 is 0 Å². The third kappa shape index (κ3) is 55.1. The number of ether oxygens (including phenoxy) is 2. The summed E-state index contributed by atoms with van der Waals surface area (Å²) in [4.78, 5) is 35.0. The summed E-state index contributed by atoms with van der Waals surface area (Å²) in [6.07, 6.45) is 68.1. The zero-order valence-electron chi connectivity index (χ0n) is 45.1. The van der Waals surface area contributed by atoms with E-state index in [2.05, 4.69) is 50.3 Å². The Morgan fingerprint density at radius 1 is 0.449 bits per heavy atom. The Kier molecular flexibility index (Phi) is 53.7. The van der Waals surface area contributed by atoms with Crippen LogP contribution in [0.5, 0.6) is 0 Å². The lowest BCUT2D eigenvalue weighted by atomic mass is 10.0. The number of hydrogen-bond acceptors (Lipinski definition) is 8. The van der Waals surface area contributed by atoms with Crippen molar-refractivity contribution in [1.29, 1.82) is 0 Å². The predicted molar refractivity (Wildman–Crippen MR) is 293 cm³/mol. The fourth-order valence-corrected chi connectivity index (χ4v) is 9.24. The second kappa shape index (κ2) is 55.3. The van der Waals surface area contributed by atoms with Crippen LogP contribution < -0.4 is 5.73 Å². The minimum atomic E-state index is -4.40. The highest BCUT2D eigenvalue weighted by Crippen LogP contribution is 2.43. The Morgan fingerprint density at radius 2 is 0.797 bits per heavy atom.